The van der Waals surface area contributed by atoms with E-state index >= 15 is 0 Å². The molecule has 3 aromatic rings. The van der Waals surface area contributed by atoms with Crippen LogP contribution in [0.15, 0.2) is 45.6 Å². The lowest BCUT2D eigenvalue weighted by molar-refractivity contribution is -0.141. The fourth-order valence-electron chi connectivity index (χ4n) is 2.39. The average molecular weight is 361 g/mol. The van der Waals surface area contributed by atoms with E-state index in [1.165, 1.54) is 25.1 Å². The van der Waals surface area contributed by atoms with Gasteiger partial charge in [0, 0.05) is 12.5 Å². The molecule has 0 saturated carbocycles. The predicted octanol–water partition coefficient (Wildman–Crippen LogP) is 3.27. The van der Waals surface area contributed by atoms with Crippen molar-refractivity contribution in [1.82, 2.24) is 0 Å². The average Bonchev–Trinajstić information content (AvgIpc) is 2.58. The Morgan fingerprint density at radius 2 is 1.84 bits per heavy atom. The Bertz CT molecular complexity index is 1040. The summed E-state index contributed by atoms with van der Waals surface area (Å²) in [6.07, 6.45) is 0. The predicted molar refractivity (Wildman–Crippen MR) is 92.3 cm³/mol. The Balaban J connectivity index is 1.96. The first-order chi connectivity index (χ1) is 12.0. The molecule has 0 radical (unpaired) electrons. The number of halogens is 1. The van der Waals surface area contributed by atoms with Crippen molar-refractivity contribution in [2.24, 2.45) is 0 Å². The van der Waals surface area contributed by atoms with Crippen LogP contribution in [0.2, 0.25) is 0 Å². The molecule has 0 amide bonds. The molecule has 7 heteroatoms. The van der Waals surface area contributed by atoms with Gasteiger partial charge in [-0.05, 0) is 48.0 Å². The molecular weight excluding hydrogens is 348 g/mol. The number of esters is 1. The number of hydrogen-bond acceptors (Lipinski definition) is 6. The molecule has 25 heavy (non-hydrogen) atoms. The summed E-state index contributed by atoms with van der Waals surface area (Å²) in [4.78, 5) is 34.6. The van der Waals surface area contributed by atoms with Gasteiger partial charge in [-0.2, -0.15) is 0 Å². The van der Waals surface area contributed by atoms with Crippen LogP contribution in [0.5, 0.6) is 5.75 Å². The van der Waals surface area contributed by atoms with Crippen LogP contribution in [0.4, 0.5) is 0 Å². The molecule has 1 heterocycles. The van der Waals surface area contributed by atoms with Crippen LogP contribution >= 0.6 is 11.6 Å². The number of carbonyl (C=O) groups excluding carboxylic acids is 2. The summed E-state index contributed by atoms with van der Waals surface area (Å²) in [5, 5.41) is 0.0647. The maximum Gasteiger partial charge on any atom is 0.302 e. The highest BCUT2D eigenvalue weighted by Gasteiger charge is 2.11. The van der Waals surface area contributed by atoms with E-state index in [-0.39, 0.29) is 35.8 Å². The van der Waals surface area contributed by atoms with Gasteiger partial charge in [0.2, 0.25) is 5.43 Å². The molecule has 0 atom stereocenters. The minimum absolute atomic E-state index is 0.120. The summed E-state index contributed by atoms with van der Waals surface area (Å²) in [5.41, 5.74) is 0.661. The van der Waals surface area contributed by atoms with Crippen molar-refractivity contribution in [3.63, 3.8) is 0 Å². The van der Waals surface area contributed by atoms with Crippen LogP contribution < -0.4 is 10.2 Å². The summed E-state index contributed by atoms with van der Waals surface area (Å²) in [7, 11) is 0. The van der Waals surface area contributed by atoms with E-state index in [4.69, 9.17) is 25.5 Å². The molecule has 0 fully saturated rings. The Morgan fingerprint density at radius 1 is 1.04 bits per heavy atom. The highest BCUT2D eigenvalue weighted by atomic mass is 35.5. The summed E-state index contributed by atoms with van der Waals surface area (Å²) >= 11 is 5.46. The zero-order valence-electron chi connectivity index (χ0n) is 13.2. The Morgan fingerprint density at radius 3 is 2.56 bits per heavy atom. The summed E-state index contributed by atoms with van der Waals surface area (Å²) in [6.45, 7) is 1.61. The van der Waals surface area contributed by atoms with Gasteiger partial charge in [0.15, 0.2) is 0 Å². The Kier molecular flexibility index (Phi) is 4.72. The standard InChI is InChI=1S/C18H13ClO6/c1-10(20)23-6-7-24-12-3-5-15-14(9-12)17(21)13-4-2-11(18(19)22)8-16(13)25-15/h2-5,8-9H,6-7H2,1H3. The van der Waals surface area contributed by atoms with Crippen LogP contribution in [-0.2, 0) is 9.53 Å². The van der Waals surface area contributed by atoms with Crippen LogP contribution in [0, 0.1) is 0 Å². The monoisotopic (exact) mass is 360 g/mol. The van der Waals surface area contributed by atoms with Crippen molar-refractivity contribution in [1.29, 1.82) is 0 Å². The minimum Gasteiger partial charge on any atom is -0.490 e. The third-order valence-electron chi connectivity index (χ3n) is 3.53. The Labute approximate surface area is 146 Å². The lowest BCUT2D eigenvalue weighted by Crippen LogP contribution is -2.10. The van der Waals surface area contributed by atoms with E-state index in [1.54, 1.807) is 18.2 Å². The maximum absolute atomic E-state index is 12.6. The third kappa shape index (κ3) is 3.64. The van der Waals surface area contributed by atoms with E-state index < -0.39 is 5.24 Å². The molecule has 0 saturated heterocycles. The molecule has 0 aliphatic heterocycles. The second-order valence-electron chi connectivity index (χ2n) is 5.26. The molecule has 0 aliphatic rings. The fraction of sp³-hybridized carbons (Fsp3) is 0.167. The van der Waals surface area contributed by atoms with Gasteiger partial charge in [0.05, 0.1) is 10.8 Å². The summed E-state index contributed by atoms with van der Waals surface area (Å²) in [5.74, 6) is 0.0721. The highest BCUT2D eigenvalue weighted by molar-refractivity contribution is 6.67. The quantitative estimate of drug-likeness (QED) is 0.300. The van der Waals surface area contributed by atoms with Gasteiger partial charge in [-0.15, -0.1) is 0 Å². The Hall–Kier alpha value is -2.86. The molecule has 0 aliphatic carbocycles. The first kappa shape index (κ1) is 17.0. The van der Waals surface area contributed by atoms with Gasteiger partial charge in [0.25, 0.3) is 5.24 Å². The molecule has 0 N–H and O–H groups in total. The normalized spacial score (nSPS) is 10.8. The number of carbonyl (C=O) groups is 2. The lowest BCUT2D eigenvalue weighted by atomic mass is 10.1. The van der Waals surface area contributed by atoms with E-state index in [1.807, 2.05) is 0 Å². The zero-order chi connectivity index (χ0) is 18.0. The van der Waals surface area contributed by atoms with Gasteiger partial charge < -0.3 is 13.9 Å². The number of rotatable bonds is 5. The van der Waals surface area contributed by atoms with Crippen molar-refractivity contribution < 1.29 is 23.5 Å². The van der Waals surface area contributed by atoms with Crippen LogP contribution in [0.25, 0.3) is 21.9 Å². The van der Waals surface area contributed by atoms with E-state index in [2.05, 4.69) is 0 Å². The third-order valence-corrected chi connectivity index (χ3v) is 3.74. The molecule has 0 spiro atoms. The second kappa shape index (κ2) is 6.94. The molecule has 128 valence electrons. The highest BCUT2D eigenvalue weighted by Crippen LogP contribution is 2.23. The van der Waals surface area contributed by atoms with E-state index in [0.29, 0.717) is 22.1 Å². The number of benzene rings is 2. The smallest absolute Gasteiger partial charge is 0.302 e. The van der Waals surface area contributed by atoms with Gasteiger partial charge in [-0.1, -0.05) is 0 Å². The molecule has 0 bridgehead atoms. The van der Waals surface area contributed by atoms with Gasteiger partial charge in [0.1, 0.15) is 30.1 Å². The van der Waals surface area contributed by atoms with Gasteiger partial charge in [-0.25, -0.2) is 0 Å². The minimum atomic E-state index is -0.624. The lowest BCUT2D eigenvalue weighted by Gasteiger charge is -2.08. The van der Waals surface area contributed by atoms with Crippen molar-refractivity contribution in [2.45, 2.75) is 6.92 Å². The van der Waals surface area contributed by atoms with Crippen LogP contribution in [-0.4, -0.2) is 24.4 Å². The van der Waals surface area contributed by atoms with E-state index in [9.17, 15) is 14.4 Å². The van der Waals surface area contributed by atoms with Crippen molar-refractivity contribution >= 4 is 44.8 Å². The van der Waals surface area contributed by atoms with Gasteiger partial charge >= 0.3 is 5.97 Å². The molecule has 2 aromatic carbocycles. The van der Waals surface area contributed by atoms with Crippen molar-refractivity contribution in [3.05, 3.63) is 52.2 Å². The van der Waals surface area contributed by atoms with Crippen molar-refractivity contribution in [2.75, 3.05) is 13.2 Å². The molecule has 1 aromatic heterocycles. The second-order valence-corrected chi connectivity index (χ2v) is 5.61. The van der Waals surface area contributed by atoms with Crippen LogP contribution in [0.3, 0.4) is 0 Å². The topological polar surface area (TPSA) is 82.8 Å². The van der Waals surface area contributed by atoms with Gasteiger partial charge in [-0.3, -0.25) is 14.4 Å². The van der Waals surface area contributed by atoms with Crippen molar-refractivity contribution in [3.8, 4) is 5.75 Å². The molecule has 6 nitrogen and oxygen atoms in total. The zero-order valence-corrected chi connectivity index (χ0v) is 14.0. The number of hydrogen-bond donors (Lipinski definition) is 0. The number of ether oxygens (including phenoxy) is 2. The SMILES string of the molecule is CC(=O)OCCOc1ccc2oc3cc(C(=O)Cl)ccc3c(=O)c2c1. The molecular formula is C18H13ClO6. The maximum atomic E-state index is 12.6. The first-order valence-corrected chi connectivity index (χ1v) is 7.80. The molecule has 3 rings (SSSR count). The fourth-order valence-corrected chi connectivity index (χ4v) is 2.51. The van der Waals surface area contributed by atoms with Crippen LogP contribution in [0.1, 0.15) is 17.3 Å². The van der Waals surface area contributed by atoms with E-state index in [0.717, 1.165) is 0 Å². The largest absolute Gasteiger partial charge is 0.490 e. The molecule has 0 unspecified atom stereocenters. The summed E-state index contributed by atoms with van der Waals surface area (Å²) in [6, 6.07) is 9.22. The number of fused-ring (bicyclic) bond motifs is 2. The summed E-state index contributed by atoms with van der Waals surface area (Å²) < 4.78 is 15.9. The first-order valence-electron chi connectivity index (χ1n) is 7.42.